The molecule has 35 heavy (non-hydrogen) atoms. The van der Waals surface area contributed by atoms with Crippen LogP contribution >= 0.6 is 0 Å². The van der Waals surface area contributed by atoms with Gasteiger partial charge in [0.05, 0.1) is 23.5 Å². The SMILES string of the molecule is Fc1cc(F)cc(CCOc2ccc3[nH]nc(-c4nc5c([nH]4)CN(CC4CCNCC4)C5)c3c2)c1. The van der Waals surface area contributed by atoms with Crippen molar-refractivity contribution in [3.63, 3.8) is 0 Å². The molecule has 9 heteroatoms. The summed E-state index contributed by atoms with van der Waals surface area (Å²) in [5.74, 6) is 1.03. The molecule has 1 saturated heterocycles. The topological polar surface area (TPSA) is 81.9 Å². The Balaban J connectivity index is 1.13. The quantitative estimate of drug-likeness (QED) is 0.372. The number of imidazole rings is 1. The van der Waals surface area contributed by atoms with Gasteiger partial charge in [-0.3, -0.25) is 10.00 Å². The van der Waals surface area contributed by atoms with Crippen LogP contribution in [0.1, 0.15) is 29.8 Å². The molecule has 6 rings (SSSR count). The number of ether oxygens (including phenoxy) is 1. The van der Waals surface area contributed by atoms with Crippen molar-refractivity contribution in [2.45, 2.75) is 32.4 Å². The second kappa shape index (κ2) is 9.39. The third-order valence-corrected chi connectivity index (χ3v) is 6.94. The summed E-state index contributed by atoms with van der Waals surface area (Å²) in [7, 11) is 0. The van der Waals surface area contributed by atoms with Crippen LogP contribution in [0.3, 0.4) is 0 Å². The van der Waals surface area contributed by atoms with Crippen molar-refractivity contribution in [3.05, 3.63) is 65.0 Å². The molecule has 1 fully saturated rings. The van der Waals surface area contributed by atoms with E-state index in [9.17, 15) is 8.78 Å². The number of H-pyrrole nitrogens is 2. The van der Waals surface area contributed by atoms with Crippen molar-refractivity contribution in [3.8, 4) is 17.3 Å². The van der Waals surface area contributed by atoms with Gasteiger partial charge in [0.1, 0.15) is 23.1 Å². The van der Waals surface area contributed by atoms with Crippen LogP contribution in [0, 0.1) is 17.6 Å². The lowest BCUT2D eigenvalue weighted by atomic mass is 9.98. The predicted molar refractivity (Wildman–Crippen MR) is 129 cm³/mol. The van der Waals surface area contributed by atoms with Crippen molar-refractivity contribution in [2.75, 3.05) is 26.2 Å². The number of fused-ring (bicyclic) bond motifs is 2. The fourth-order valence-electron chi connectivity index (χ4n) is 5.17. The highest BCUT2D eigenvalue weighted by Gasteiger charge is 2.27. The van der Waals surface area contributed by atoms with Crippen molar-refractivity contribution in [1.29, 1.82) is 0 Å². The highest BCUT2D eigenvalue weighted by atomic mass is 19.1. The number of rotatable bonds is 7. The van der Waals surface area contributed by atoms with Gasteiger partial charge in [0.25, 0.3) is 0 Å². The first-order valence-corrected chi connectivity index (χ1v) is 12.2. The lowest BCUT2D eigenvalue weighted by molar-refractivity contribution is 0.206. The zero-order chi connectivity index (χ0) is 23.8. The number of aromatic amines is 2. The van der Waals surface area contributed by atoms with Crippen molar-refractivity contribution in [1.82, 2.24) is 30.4 Å². The van der Waals surface area contributed by atoms with Crippen LogP contribution in [-0.4, -0.2) is 51.3 Å². The number of nitrogens with one attached hydrogen (secondary N) is 3. The normalized spacial score (nSPS) is 16.7. The highest BCUT2D eigenvalue weighted by molar-refractivity contribution is 5.92. The van der Waals surface area contributed by atoms with Crippen LogP contribution < -0.4 is 10.1 Å². The van der Waals surface area contributed by atoms with Gasteiger partial charge in [0.15, 0.2) is 5.82 Å². The summed E-state index contributed by atoms with van der Waals surface area (Å²) >= 11 is 0. The summed E-state index contributed by atoms with van der Waals surface area (Å²) in [6.45, 7) is 5.43. The van der Waals surface area contributed by atoms with Gasteiger partial charge in [-0.2, -0.15) is 5.10 Å². The molecular weight excluding hydrogens is 450 g/mol. The summed E-state index contributed by atoms with van der Waals surface area (Å²) in [4.78, 5) is 10.8. The van der Waals surface area contributed by atoms with E-state index in [1.54, 1.807) is 0 Å². The first kappa shape index (κ1) is 22.2. The Morgan fingerprint density at radius 2 is 1.86 bits per heavy atom. The zero-order valence-electron chi connectivity index (χ0n) is 19.4. The maximum atomic E-state index is 13.4. The van der Waals surface area contributed by atoms with Gasteiger partial charge in [-0.15, -0.1) is 0 Å². The van der Waals surface area contributed by atoms with E-state index in [4.69, 9.17) is 9.72 Å². The van der Waals surface area contributed by atoms with Crippen LogP contribution in [0.4, 0.5) is 8.78 Å². The molecule has 0 aliphatic carbocycles. The number of nitrogens with zero attached hydrogens (tertiary/aromatic N) is 3. The zero-order valence-corrected chi connectivity index (χ0v) is 19.4. The van der Waals surface area contributed by atoms with Crippen molar-refractivity contribution in [2.24, 2.45) is 5.92 Å². The molecule has 4 aromatic rings. The molecular formula is C26H28F2N6O. The van der Waals surface area contributed by atoms with E-state index in [2.05, 4.69) is 25.4 Å². The molecule has 2 aromatic heterocycles. The molecule has 2 aromatic carbocycles. The highest BCUT2D eigenvalue weighted by Crippen LogP contribution is 2.31. The summed E-state index contributed by atoms with van der Waals surface area (Å²) < 4.78 is 32.7. The smallest absolute Gasteiger partial charge is 0.159 e. The van der Waals surface area contributed by atoms with Crippen molar-refractivity contribution >= 4 is 10.9 Å². The fourth-order valence-corrected chi connectivity index (χ4v) is 5.17. The number of aromatic nitrogens is 4. The maximum Gasteiger partial charge on any atom is 0.159 e. The number of benzene rings is 2. The molecule has 2 aliphatic rings. The summed E-state index contributed by atoms with van der Waals surface area (Å²) in [6.07, 6.45) is 2.89. The predicted octanol–water partition coefficient (Wildman–Crippen LogP) is 4.17. The van der Waals surface area contributed by atoms with Gasteiger partial charge in [0.2, 0.25) is 0 Å². The molecule has 2 aliphatic heterocycles. The second-order valence-electron chi connectivity index (χ2n) is 9.53. The van der Waals surface area contributed by atoms with Gasteiger partial charge >= 0.3 is 0 Å². The Labute approximate surface area is 201 Å². The van der Waals surface area contributed by atoms with E-state index in [0.717, 1.165) is 72.8 Å². The van der Waals surface area contributed by atoms with E-state index < -0.39 is 11.6 Å². The average Bonchev–Trinajstić information content (AvgIpc) is 3.52. The van der Waals surface area contributed by atoms with E-state index in [0.29, 0.717) is 24.3 Å². The number of halogens is 2. The van der Waals surface area contributed by atoms with Gasteiger partial charge in [-0.1, -0.05) is 0 Å². The van der Waals surface area contributed by atoms with Crippen LogP contribution in [0.25, 0.3) is 22.4 Å². The number of hydrogen-bond acceptors (Lipinski definition) is 5. The Bertz CT molecular complexity index is 1300. The molecule has 0 saturated carbocycles. The van der Waals surface area contributed by atoms with Gasteiger partial charge in [0, 0.05) is 37.5 Å². The molecule has 0 bridgehead atoms. The fraction of sp³-hybridized carbons (Fsp3) is 0.385. The van der Waals surface area contributed by atoms with Crippen LogP contribution in [0.5, 0.6) is 5.75 Å². The number of piperidine rings is 1. The minimum absolute atomic E-state index is 0.309. The third kappa shape index (κ3) is 4.78. The maximum absolute atomic E-state index is 13.4. The summed E-state index contributed by atoms with van der Waals surface area (Å²) in [5.41, 5.74) is 4.48. The van der Waals surface area contributed by atoms with Crippen LogP contribution in [-0.2, 0) is 19.5 Å². The molecule has 0 atom stereocenters. The van der Waals surface area contributed by atoms with Gasteiger partial charge in [-0.25, -0.2) is 13.8 Å². The molecule has 182 valence electrons. The van der Waals surface area contributed by atoms with Gasteiger partial charge in [-0.05, 0) is 67.7 Å². The molecule has 0 unspecified atom stereocenters. The Morgan fingerprint density at radius 3 is 2.66 bits per heavy atom. The first-order valence-electron chi connectivity index (χ1n) is 12.2. The molecule has 4 heterocycles. The number of hydrogen-bond donors (Lipinski definition) is 3. The van der Waals surface area contributed by atoms with E-state index >= 15 is 0 Å². The summed E-state index contributed by atoms with van der Waals surface area (Å²) in [6, 6.07) is 9.23. The summed E-state index contributed by atoms with van der Waals surface area (Å²) in [5, 5.41) is 11.9. The van der Waals surface area contributed by atoms with E-state index in [1.165, 1.54) is 30.7 Å². The Morgan fingerprint density at radius 1 is 1.03 bits per heavy atom. The lowest BCUT2D eigenvalue weighted by Crippen LogP contribution is -2.34. The molecule has 0 spiro atoms. The molecule has 0 radical (unpaired) electrons. The molecule has 3 N–H and O–H groups in total. The largest absolute Gasteiger partial charge is 0.493 e. The minimum Gasteiger partial charge on any atom is -0.493 e. The second-order valence-corrected chi connectivity index (χ2v) is 9.53. The standard InChI is InChI=1S/C26H28F2N6O/c27-18-9-17(10-19(28)11-18)5-8-35-20-1-2-22-21(12-20)25(33-32-22)26-30-23-14-34(15-24(23)31-26)13-16-3-6-29-7-4-16/h1-2,9-12,16,29H,3-8,13-15H2,(H,30,31)(H,32,33). The van der Waals surface area contributed by atoms with Gasteiger partial charge < -0.3 is 15.0 Å². The van der Waals surface area contributed by atoms with E-state index in [-0.39, 0.29) is 0 Å². The lowest BCUT2D eigenvalue weighted by Gasteiger charge is -2.27. The van der Waals surface area contributed by atoms with Crippen LogP contribution in [0.2, 0.25) is 0 Å². The Hall–Kier alpha value is -3.30. The van der Waals surface area contributed by atoms with E-state index in [1.807, 2.05) is 18.2 Å². The van der Waals surface area contributed by atoms with Crippen molar-refractivity contribution < 1.29 is 13.5 Å². The van der Waals surface area contributed by atoms with Crippen LogP contribution in [0.15, 0.2) is 36.4 Å². The minimum atomic E-state index is -0.579. The first-order chi connectivity index (χ1) is 17.1. The monoisotopic (exact) mass is 478 g/mol. The Kier molecular flexibility index (Phi) is 5.95. The molecule has 0 amide bonds. The molecule has 7 nitrogen and oxygen atoms in total. The third-order valence-electron chi connectivity index (χ3n) is 6.94. The average molecular weight is 479 g/mol.